The Labute approximate surface area is 101 Å². The van der Waals surface area contributed by atoms with E-state index in [9.17, 15) is 0 Å². The minimum Gasteiger partial charge on any atom is -0.383 e. The van der Waals surface area contributed by atoms with Crippen LogP contribution in [0.4, 0.5) is 5.82 Å². The second kappa shape index (κ2) is 4.37. The smallest absolute Gasteiger partial charge is 0.131 e. The molecule has 0 radical (unpaired) electrons. The molecule has 80 valence electrons. The Morgan fingerprint density at radius 2 is 2.19 bits per heavy atom. The van der Waals surface area contributed by atoms with Crippen LogP contribution in [0.3, 0.4) is 0 Å². The van der Waals surface area contributed by atoms with Gasteiger partial charge in [-0.05, 0) is 28.1 Å². The standard InChI is InChI=1S/C11H9BrN4/c12-9-3-1-2-4-10(9)16-11(14)8(5-6-13)7-15-16/h1-4,7H,5,14H2. The lowest BCUT2D eigenvalue weighted by Crippen LogP contribution is -2.03. The Morgan fingerprint density at radius 1 is 1.44 bits per heavy atom. The van der Waals surface area contributed by atoms with Gasteiger partial charge < -0.3 is 5.73 Å². The molecule has 2 aromatic rings. The third-order valence-electron chi connectivity index (χ3n) is 2.24. The highest BCUT2D eigenvalue weighted by Crippen LogP contribution is 2.24. The molecule has 0 saturated carbocycles. The molecule has 2 rings (SSSR count). The molecular formula is C11H9BrN4. The highest BCUT2D eigenvalue weighted by molar-refractivity contribution is 9.10. The molecule has 0 unspecified atom stereocenters. The van der Waals surface area contributed by atoms with Gasteiger partial charge in [-0.25, -0.2) is 4.68 Å². The molecule has 1 heterocycles. The van der Waals surface area contributed by atoms with E-state index in [4.69, 9.17) is 11.0 Å². The summed E-state index contributed by atoms with van der Waals surface area (Å²) >= 11 is 3.43. The normalized spacial score (nSPS) is 10.0. The van der Waals surface area contributed by atoms with Crippen molar-refractivity contribution in [1.29, 1.82) is 5.26 Å². The number of hydrogen-bond donors (Lipinski definition) is 1. The molecule has 0 amide bonds. The molecule has 4 nitrogen and oxygen atoms in total. The van der Waals surface area contributed by atoms with Gasteiger partial charge in [-0.2, -0.15) is 10.4 Å². The van der Waals surface area contributed by atoms with Gasteiger partial charge in [-0.1, -0.05) is 12.1 Å². The second-order valence-electron chi connectivity index (χ2n) is 3.25. The van der Waals surface area contributed by atoms with E-state index in [1.807, 2.05) is 24.3 Å². The monoisotopic (exact) mass is 276 g/mol. The van der Waals surface area contributed by atoms with Crippen molar-refractivity contribution >= 4 is 21.7 Å². The summed E-state index contributed by atoms with van der Waals surface area (Å²) in [5.41, 5.74) is 7.53. The van der Waals surface area contributed by atoms with Gasteiger partial charge in [0, 0.05) is 10.0 Å². The third kappa shape index (κ3) is 1.79. The van der Waals surface area contributed by atoms with Crippen molar-refractivity contribution in [2.24, 2.45) is 0 Å². The molecule has 0 spiro atoms. The van der Waals surface area contributed by atoms with E-state index in [1.54, 1.807) is 10.9 Å². The zero-order chi connectivity index (χ0) is 11.5. The molecule has 16 heavy (non-hydrogen) atoms. The molecule has 0 aliphatic heterocycles. The maximum Gasteiger partial charge on any atom is 0.131 e. The van der Waals surface area contributed by atoms with Crippen LogP contribution in [0, 0.1) is 11.3 Å². The van der Waals surface area contributed by atoms with Crippen LogP contribution in [-0.2, 0) is 6.42 Å². The minimum atomic E-state index is 0.274. The Bertz CT molecular complexity index is 553. The molecule has 0 saturated heterocycles. The van der Waals surface area contributed by atoms with Crippen molar-refractivity contribution in [3.05, 3.63) is 40.5 Å². The largest absolute Gasteiger partial charge is 0.383 e. The zero-order valence-electron chi connectivity index (χ0n) is 8.39. The van der Waals surface area contributed by atoms with E-state index in [0.29, 0.717) is 5.82 Å². The number of aromatic nitrogens is 2. The quantitative estimate of drug-likeness (QED) is 0.915. The molecule has 0 aliphatic carbocycles. The SMILES string of the molecule is N#CCc1cnn(-c2ccccc2Br)c1N. The van der Waals surface area contributed by atoms with Crippen molar-refractivity contribution < 1.29 is 0 Å². The Hall–Kier alpha value is -1.80. The lowest BCUT2D eigenvalue weighted by atomic mass is 10.2. The number of nitrogens with zero attached hydrogens (tertiary/aromatic N) is 3. The summed E-state index contributed by atoms with van der Waals surface area (Å²) in [5, 5.41) is 12.8. The average molecular weight is 277 g/mol. The number of benzene rings is 1. The number of nitrogen functional groups attached to an aromatic ring is 1. The number of para-hydroxylation sites is 1. The Balaban J connectivity index is 2.50. The van der Waals surface area contributed by atoms with E-state index < -0.39 is 0 Å². The number of nitrogens with two attached hydrogens (primary N) is 1. The van der Waals surface area contributed by atoms with Crippen LogP contribution in [0.25, 0.3) is 5.69 Å². The van der Waals surface area contributed by atoms with E-state index in [0.717, 1.165) is 15.7 Å². The van der Waals surface area contributed by atoms with Crippen LogP contribution in [-0.4, -0.2) is 9.78 Å². The second-order valence-corrected chi connectivity index (χ2v) is 4.11. The van der Waals surface area contributed by atoms with Crippen LogP contribution in [0.1, 0.15) is 5.56 Å². The van der Waals surface area contributed by atoms with E-state index in [-0.39, 0.29) is 6.42 Å². The summed E-state index contributed by atoms with van der Waals surface area (Å²) in [6.07, 6.45) is 1.90. The van der Waals surface area contributed by atoms with Gasteiger partial charge in [-0.3, -0.25) is 0 Å². The van der Waals surface area contributed by atoms with Gasteiger partial charge in [0.25, 0.3) is 0 Å². The Kier molecular flexibility index (Phi) is 2.93. The molecule has 2 N–H and O–H groups in total. The predicted molar refractivity (Wildman–Crippen MR) is 65.0 cm³/mol. The first-order valence-electron chi connectivity index (χ1n) is 4.68. The maximum absolute atomic E-state index is 8.63. The molecular weight excluding hydrogens is 268 g/mol. The van der Waals surface area contributed by atoms with Gasteiger partial charge in [0.1, 0.15) is 5.82 Å². The number of hydrogen-bond acceptors (Lipinski definition) is 3. The van der Waals surface area contributed by atoms with Gasteiger partial charge >= 0.3 is 0 Å². The molecule has 1 aromatic heterocycles. The van der Waals surface area contributed by atoms with E-state index >= 15 is 0 Å². The van der Waals surface area contributed by atoms with E-state index in [1.165, 1.54) is 0 Å². The maximum atomic E-state index is 8.63. The third-order valence-corrected chi connectivity index (χ3v) is 2.91. The van der Waals surface area contributed by atoms with Gasteiger partial charge in [0.2, 0.25) is 0 Å². The summed E-state index contributed by atoms with van der Waals surface area (Å²) in [5.74, 6) is 0.508. The fourth-order valence-corrected chi connectivity index (χ4v) is 1.88. The van der Waals surface area contributed by atoms with E-state index in [2.05, 4.69) is 27.1 Å². The van der Waals surface area contributed by atoms with Gasteiger partial charge in [0.05, 0.1) is 24.4 Å². The summed E-state index contributed by atoms with van der Waals surface area (Å²) in [4.78, 5) is 0. The van der Waals surface area contributed by atoms with Crippen molar-refractivity contribution in [3.63, 3.8) is 0 Å². The predicted octanol–water partition coefficient (Wildman–Crippen LogP) is 2.28. The first-order chi connectivity index (χ1) is 7.74. The van der Waals surface area contributed by atoms with Crippen LogP contribution in [0.2, 0.25) is 0 Å². The molecule has 0 bridgehead atoms. The summed E-state index contributed by atoms with van der Waals surface area (Å²) in [6, 6.07) is 9.71. The number of anilines is 1. The minimum absolute atomic E-state index is 0.274. The highest BCUT2D eigenvalue weighted by atomic mass is 79.9. The fourth-order valence-electron chi connectivity index (χ4n) is 1.43. The summed E-state index contributed by atoms with van der Waals surface area (Å²) in [7, 11) is 0. The molecule has 1 aromatic carbocycles. The molecule has 0 aliphatic rings. The van der Waals surface area contributed by atoms with Crippen molar-refractivity contribution in [2.45, 2.75) is 6.42 Å². The number of halogens is 1. The first kappa shape index (κ1) is 10.7. The molecule has 5 heteroatoms. The molecule has 0 atom stereocenters. The fraction of sp³-hybridized carbons (Fsp3) is 0.0909. The highest BCUT2D eigenvalue weighted by Gasteiger charge is 2.10. The lowest BCUT2D eigenvalue weighted by Gasteiger charge is -2.06. The average Bonchev–Trinajstić information content (AvgIpc) is 2.62. The van der Waals surface area contributed by atoms with Gasteiger partial charge in [0.15, 0.2) is 0 Å². The van der Waals surface area contributed by atoms with Crippen LogP contribution < -0.4 is 5.73 Å². The van der Waals surface area contributed by atoms with Crippen LogP contribution in [0.15, 0.2) is 34.9 Å². The lowest BCUT2D eigenvalue weighted by molar-refractivity contribution is 0.887. The summed E-state index contributed by atoms with van der Waals surface area (Å²) in [6.45, 7) is 0. The Morgan fingerprint density at radius 3 is 2.88 bits per heavy atom. The molecule has 0 fully saturated rings. The van der Waals surface area contributed by atoms with Crippen molar-refractivity contribution in [1.82, 2.24) is 9.78 Å². The van der Waals surface area contributed by atoms with Gasteiger partial charge in [-0.15, -0.1) is 0 Å². The summed E-state index contributed by atoms with van der Waals surface area (Å²) < 4.78 is 2.53. The first-order valence-corrected chi connectivity index (χ1v) is 5.47. The van der Waals surface area contributed by atoms with Crippen molar-refractivity contribution in [2.75, 3.05) is 5.73 Å². The number of rotatable bonds is 2. The zero-order valence-corrected chi connectivity index (χ0v) is 9.98. The topological polar surface area (TPSA) is 67.6 Å². The number of nitriles is 1. The van der Waals surface area contributed by atoms with Crippen LogP contribution in [0.5, 0.6) is 0 Å². The van der Waals surface area contributed by atoms with Crippen LogP contribution >= 0.6 is 15.9 Å². The van der Waals surface area contributed by atoms with Crippen molar-refractivity contribution in [3.8, 4) is 11.8 Å².